The number of aliphatic hydroxyl groups is 1. The number of halogens is 1. The van der Waals surface area contributed by atoms with Gasteiger partial charge in [0.2, 0.25) is 0 Å². The van der Waals surface area contributed by atoms with Gasteiger partial charge in [0.15, 0.2) is 11.8 Å². The fraction of sp³-hybridized carbons (Fsp3) is 0.455. The molecule has 4 atom stereocenters. The molecule has 0 bridgehead atoms. The first-order valence-corrected chi connectivity index (χ1v) is 11.0. The molecular formula is C22H23ClN4O4. The highest BCUT2D eigenvalue weighted by atomic mass is 35.5. The maximum Gasteiger partial charge on any atom is 0.296 e. The van der Waals surface area contributed by atoms with Crippen LogP contribution >= 0.6 is 11.6 Å². The first-order chi connectivity index (χ1) is 15.1. The molecule has 2 aromatic heterocycles. The smallest absolute Gasteiger partial charge is 0.296 e. The van der Waals surface area contributed by atoms with Gasteiger partial charge in [0.05, 0.1) is 23.8 Å². The van der Waals surface area contributed by atoms with Crippen LogP contribution in [0.15, 0.2) is 36.4 Å². The molecule has 3 aromatic rings. The molecule has 0 unspecified atom stereocenters. The third-order valence-electron chi connectivity index (χ3n) is 6.40. The molecule has 6 rings (SSSR count). The Balaban J connectivity index is 1.13. The lowest BCUT2D eigenvalue weighted by molar-refractivity contribution is 0.00706. The number of aromatic amines is 1. The fourth-order valence-corrected chi connectivity index (χ4v) is 4.87. The van der Waals surface area contributed by atoms with Crippen molar-refractivity contribution in [1.29, 1.82) is 0 Å². The van der Waals surface area contributed by atoms with Gasteiger partial charge in [0.1, 0.15) is 24.1 Å². The van der Waals surface area contributed by atoms with E-state index < -0.39 is 6.10 Å². The van der Waals surface area contributed by atoms with Crippen molar-refractivity contribution in [2.75, 3.05) is 18.5 Å². The summed E-state index contributed by atoms with van der Waals surface area (Å²) in [7, 11) is 0. The van der Waals surface area contributed by atoms with E-state index in [2.05, 4.69) is 44.5 Å². The first kappa shape index (κ1) is 19.3. The number of fused-ring (bicyclic) bond motifs is 2. The SMILES string of the molecule is O[C@@H]1CO[C@H]2[C@@H]1OC[C@H]2Oc1nc2nc(NC3CC(c4ccccc4)C3)c(Cl)cc2[nH]1. The summed E-state index contributed by atoms with van der Waals surface area (Å²) in [5.41, 5.74) is 2.61. The average molecular weight is 443 g/mol. The van der Waals surface area contributed by atoms with E-state index in [1.165, 1.54) is 5.56 Å². The van der Waals surface area contributed by atoms with E-state index in [1.54, 1.807) is 0 Å². The van der Waals surface area contributed by atoms with Crippen molar-refractivity contribution in [3.05, 3.63) is 47.0 Å². The van der Waals surface area contributed by atoms with Gasteiger partial charge in [-0.2, -0.15) is 4.98 Å². The second-order valence-electron chi connectivity index (χ2n) is 8.47. The number of nitrogens with one attached hydrogen (secondary N) is 2. The number of aliphatic hydroxyl groups excluding tert-OH is 1. The second kappa shape index (κ2) is 7.63. The molecule has 2 saturated heterocycles. The summed E-state index contributed by atoms with van der Waals surface area (Å²) < 4.78 is 17.1. The molecule has 1 saturated carbocycles. The van der Waals surface area contributed by atoms with Crippen LogP contribution in [0.5, 0.6) is 6.01 Å². The lowest BCUT2D eigenvalue weighted by atomic mass is 9.76. The van der Waals surface area contributed by atoms with Crippen molar-refractivity contribution < 1.29 is 19.3 Å². The summed E-state index contributed by atoms with van der Waals surface area (Å²) in [5.74, 6) is 1.20. The number of imidazole rings is 1. The number of hydrogen-bond acceptors (Lipinski definition) is 7. The molecule has 1 aromatic carbocycles. The van der Waals surface area contributed by atoms with Crippen molar-refractivity contribution in [2.24, 2.45) is 0 Å². The maximum absolute atomic E-state index is 9.88. The van der Waals surface area contributed by atoms with Crippen LogP contribution in [-0.2, 0) is 9.47 Å². The number of ether oxygens (including phenoxy) is 3. The van der Waals surface area contributed by atoms with Crippen molar-refractivity contribution in [2.45, 2.75) is 49.2 Å². The van der Waals surface area contributed by atoms with Gasteiger partial charge in [0.25, 0.3) is 6.01 Å². The van der Waals surface area contributed by atoms with Crippen LogP contribution < -0.4 is 10.1 Å². The van der Waals surface area contributed by atoms with Crippen LogP contribution in [0.3, 0.4) is 0 Å². The number of rotatable bonds is 5. The zero-order valence-electron chi connectivity index (χ0n) is 16.7. The van der Waals surface area contributed by atoms with Crippen molar-refractivity contribution in [3.8, 4) is 6.01 Å². The number of nitrogens with zero attached hydrogens (tertiary/aromatic N) is 2. The number of hydrogen-bond donors (Lipinski definition) is 3. The minimum Gasteiger partial charge on any atom is -0.456 e. The van der Waals surface area contributed by atoms with Gasteiger partial charge >= 0.3 is 0 Å². The number of H-pyrrole nitrogens is 1. The van der Waals surface area contributed by atoms with Crippen LogP contribution in [-0.4, -0.2) is 63.7 Å². The van der Waals surface area contributed by atoms with Gasteiger partial charge in [-0.15, -0.1) is 0 Å². The van der Waals surface area contributed by atoms with Gasteiger partial charge < -0.3 is 29.6 Å². The van der Waals surface area contributed by atoms with E-state index in [9.17, 15) is 5.11 Å². The lowest BCUT2D eigenvalue weighted by Gasteiger charge is -2.36. The number of anilines is 1. The third kappa shape index (κ3) is 3.53. The van der Waals surface area contributed by atoms with Gasteiger partial charge in [-0.1, -0.05) is 41.9 Å². The Morgan fingerprint density at radius 1 is 1.10 bits per heavy atom. The molecule has 0 amide bonds. The molecule has 2 aliphatic heterocycles. The zero-order valence-corrected chi connectivity index (χ0v) is 17.5. The molecule has 8 nitrogen and oxygen atoms in total. The molecule has 0 spiro atoms. The highest BCUT2D eigenvalue weighted by molar-refractivity contribution is 6.33. The Labute approximate surface area is 183 Å². The Hall–Kier alpha value is -2.39. The van der Waals surface area contributed by atoms with Crippen molar-refractivity contribution in [1.82, 2.24) is 15.0 Å². The van der Waals surface area contributed by atoms with Gasteiger partial charge in [-0.25, -0.2) is 4.98 Å². The summed E-state index contributed by atoms with van der Waals surface area (Å²) >= 11 is 6.47. The molecule has 0 radical (unpaired) electrons. The Kier molecular flexibility index (Phi) is 4.75. The van der Waals surface area contributed by atoms with Crippen LogP contribution in [0.4, 0.5) is 5.82 Å². The third-order valence-corrected chi connectivity index (χ3v) is 6.69. The van der Waals surface area contributed by atoms with Crippen LogP contribution in [0.1, 0.15) is 24.3 Å². The zero-order chi connectivity index (χ0) is 20.9. The monoisotopic (exact) mass is 442 g/mol. The van der Waals surface area contributed by atoms with Crippen LogP contribution in [0.25, 0.3) is 11.2 Å². The Bertz CT molecular complexity index is 1090. The number of pyridine rings is 1. The van der Waals surface area contributed by atoms with Gasteiger partial charge in [-0.05, 0) is 30.4 Å². The highest BCUT2D eigenvalue weighted by Crippen LogP contribution is 2.39. The maximum atomic E-state index is 9.88. The minimum atomic E-state index is -0.614. The van der Waals surface area contributed by atoms with E-state index in [4.69, 9.17) is 25.8 Å². The van der Waals surface area contributed by atoms with Crippen LogP contribution in [0, 0.1) is 0 Å². The predicted octanol–water partition coefficient (Wildman–Crippen LogP) is 2.88. The van der Waals surface area contributed by atoms with Gasteiger partial charge in [-0.3, -0.25) is 0 Å². The number of benzene rings is 1. The Morgan fingerprint density at radius 3 is 2.74 bits per heavy atom. The van der Waals surface area contributed by atoms with Crippen molar-refractivity contribution >= 4 is 28.6 Å². The largest absolute Gasteiger partial charge is 0.456 e. The van der Waals surface area contributed by atoms with Crippen LogP contribution in [0.2, 0.25) is 5.02 Å². The summed E-state index contributed by atoms with van der Waals surface area (Å²) in [6, 6.07) is 13.0. The minimum absolute atomic E-state index is 0.258. The quantitative estimate of drug-likeness (QED) is 0.558. The topological polar surface area (TPSA) is 102 Å². The van der Waals surface area contributed by atoms with E-state index in [0.29, 0.717) is 46.6 Å². The molecule has 3 N–H and O–H groups in total. The van der Waals surface area contributed by atoms with E-state index >= 15 is 0 Å². The van der Waals surface area contributed by atoms with E-state index in [0.717, 1.165) is 12.8 Å². The highest BCUT2D eigenvalue weighted by Gasteiger charge is 2.48. The fourth-order valence-electron chi connectivity index (χ4n) is 4.67. The summed E-state index contributed by atoms with van der Waals surface area (Å²) in [5, 5.41) is 13.9. The number of aromatic nitrogens is 3. The normalized spacial score (nSPS) is 32.1. The molecule has 162 valence electrons. The summed E-state index contributed by atoms with van der Waals surface area (Å²) in [4.78, 5) is 12.2. The standard InChI is InChI=1S/C22H23ClN4O4/c23-14-8-15-21(26-20(14)24-13-6-12(7-13)11-4-2-1-3-5-11)27-22(25-15)31-17-10-30-18-16(28)9-29-19(17)18/h1-5,8,12-13,16-19,28H,6-7,9-10H2,(H2,24,25,26,27)/t12?,13?,16-,17-,18-,19-/m1/s1. The molecule has 4 heterocycles. The molecule has 3 fully saturated rings. The predicted molar refractivity (Wildman–Crippen MR) is 115 cm³/mol. The lowest BCUT2D eigenvalue weighted by Crippen LogP contribution is -2.34. The van der Waals surface area contributed by atoms with Crippen molar-refractivity contribution in [3.63, 3.8) is 0 Å². The molecule has 9 heteroatoms. The van der Waals surface area contributed by atoms with E-state index in [1.807, 2.05) is 12.1 Å². The Morgan fingerprint density at radius 2 is 1.90 bits per heavy atom. The second-order valence-corrected chi connectivity index (χ2v) is 8.88. The summed E-state index contributed by atoms with van der Waals surface area (Å²) in [6.45, 7) is 0.600. The molecule has 31 heavy (non-hydrogen) atoms. The first-order valence-electron chi connectivity index (χ1n) is 10.6. The molecule has 1 aliphatic carbocycles. The average Bonchev–Trinajstić information content (AvgIpc) is 3.42. The van der Waals surface area contributed by atoms with E-state index in [-0.39, 0.29) is 24.9 Å². The molecule has 3 aliphatic rings. The molecular weight excluding hydrogens is 420 g/mol. The summed E-state index contributed by atoms with van der Waals surface area (Å²) in [6.07, 6.45) is 0.501. The van der Waals surface area contributed by atoms with Gasteiger partial charge in [0, 0.05) is 6.04 Å².